The van der Waals surface area contributed by atoms with E-state index in [4.69, 9.17) is 0 Å². The zero-order chi connectivity index (χ0) is 19.1. The Balaban J connectivity index is 1.72. The topological polar surface area (TPSA) is 46.9 Å². The fraction of sp³-hybridized carbons (Fsp3) is 0.182. The Kier molecular flexibility index (Phi) is 4.32. The van der Waals surface area contributed by atoms with Gasteiger partial charge in [-0.1, -0.05) is 24.3 Å². The van der Waals surface area contributed by atoms with Crippen molar-refractivity contribution in [2.24, 2.45) is 0 Å². The number of aromatic nitrogens is 2. The number of nitrogens with zero attached hydrogens (tertiary/aromatic N) is 2. The van der Waals surface area contributed by atoms with Gasteiger partial charge in [0.2, 0.25) is 0 Å². The molecule has 2 aromatic heterocycles. The Labute approximate surface area is 162 Å². The minimum absolute atomic E-state index is 0.0862. The first kappa shape index (κ1) is 17.5. The number of anilines is 1. The van der Waals surface area contributed by atoms with E-state index in [1.54, 1.807) is 0 Å². The van der Waals surface area contributed by atoms with Gasteiger partial charge < -0.3 is 5.32 Å². The van der Waals surface area contributed by atoms with Crippen LogP contribution in [-0.4, -0.2) is 15.7 Å². The molecule has 0 aliphatic carbocycles. The number of fused-ring (bicyclic) bond motifs is 1. The summed E-state index contributed by atoms with van der Waals surface area (Å²) in [5, 5.41) is 8.73. The second kappa shape index (κ2) is 6.67. The highest BCUT2D eigenvalue weighted by atomic mass is 32.1. The minimum Gasteiger partial charge on any atom is -0.321 e. The van der Waals surface area contributed by atoms with Crippen molar-refractivity contribution in [1.82, 2.24) is 9.78 Å². The molecule has 0 atom stereocenters. The molecule has 2 heterocycles. The fourth-order valence-corrected chi connectivity index (χ4v) is 4.43. The summed E-state index contributed by atoms with van der Waals surface area (Å²) < 4.78 is 1.94. The van der Waals surface area contributed by atoms with E-state index < -0.39 is 0 Å². The van der Waals surface area contributed by atoms with Crippen molar-refractivity contribution in [1.29, 1.82) is 0 Å². The van der Waals surface area contributed by atoms with Gasteiger partial charge in [-0.3, -0.25) is 4.79 Å². The molecule has 1 N–H and O–H groups in total. The molecule has 4 aromatic rings. The highest BCUT2D eigenvalue weighted by molar-refractivity contribution is 7.20. The molecule has 0 aliphatic rings. The molecule has 0 saturated carbocycles. The molecule has 136 valence electrons. The average molecular weight is 375 g/mol. The van der Waals surface area contributed by atoms with E-state index >= 15 is 0 Å². The van der Waals surface area contributed by atoms with Crippen LogP contribution < -0.4 is 5.32 Å². The largest absolute Gasteiger partial charge is 0.321 e. The summed E-state index contributed by atoms with van der Waals surface area (Å²) in [4.78, 5) is 14.5. The standard InChI is InChI=1S/C22H21N3OS/c1-13-9-14(2)11-17(10-13)23-21(26)20-12-18-16(4)24-25(22(18)27-20)19-8-6-5-7-15(19)3/h5-12H,1-4H3,(H,23,26). The van der Waals surface area contributed by atoms with Crippen molar-refractivity contribution in [2.45, 2.75) is 27.7 Å². The molecule has 0 bridgehead atoms. The molecule has 1 amide bonds. The molecule has 0 saturated heterocycles. The number of amides is 1. The summed E-state index contributed by atoms with van der Waals surface area (Å²) in [6, 6.07) is 16.1. The maximum absolute atomic E-state index is 12.8. The maximum Gasteiger partial charge on any atom is 0.265 e. The minimum atomic E-state index is -0.0862. The van der Waals surface area contributed by atoms with Crippen molar-refractivity contribution in [2.75, 3.05) is 5.32 Å². The van der Waals surface area contributed by atoms with Crippen LogP contribution in [0.15, 0.2) is 48.5 Å². The number of para-hydroxylation sites is 1. The molecule has 27 heavy (non-hydrogen) atoms. The van der Waals surface area contributed by atoms with Gasteiger partial charge in [0.05, 0.1) is 16.3 Å². The van der Waals surface area contributed by atoms with Gasteiger partial charge in [0.15, 0.2) is 0 Å². The SMILES string of the molecule is Cc1cc(C)cc(NC(=O)c2cc3c(C)nn(-c4ccccc4C)c3s2)c1. The second-order valence-corrected chi connectivity index (χ2v) is 7.97. The van der Waals surface area contributed by atoms with E-state index in [9.17, 15) is 4.79 Å². The van der Waals surface area contributed by atoms with Gasteiger partial charge in [-0.2, -0.15) is 5.10 Å². The Hall–Kier alpha value is -2.92. The second-order valence-electron chi connectivity index (χ2n) is 6.94. The first-order valence-corrected chi connectivity index (χ1v) is 9.69. The van der Waals surface area contributed by atoms with E-state index in [1.165, 1.54) is 11.3 Å². The van der Waals surface area contributed by atoms with Crippen LogP contribution in [0.2, 0.25) is 0 Å². The summed E-state index contributed by atoms with van der Waals surface area (Å²) in [5.74, 6) is -0.0862. The number of hydrogen-bond acceptors (Lipinski definition) is 3. The maximum atomic E-state index is 12.8. The van der Waals surface area contributed by atoms with Gasteiger partial charge in [0, 0.05) is 11.1 Å². The highest BCUT2D eigenvalue weighted by Crippen LogP contribution is 2.31. The van der Waals surface area contributed by atoms with Crippen molar-refractivity contribution < 1.29 is 4.79 Å². The molecular weight excluding hydrogens is 354 g/mol. The van der Waals surface area contributed by atoms with Crippen LogP contribution in [0.1, 0.15) is 32.1 Å². The van der Waals surface area contributed by atoms with Crippen molar-refractivity contribution in [3.8, 4) is 5.69 Å². The van der Waals surface area contributed by atoms with Crippen LogP contribution in [0, 0.1) is 27.7 Å². The summed E-state index contributed by atoms with van der Waals surface area (Å²) in [6.45, 7) is 8.11. The van der Waals surface area contributed by atoms with E-state index in [0.717, 1.165) is 44.0 Å². The zero-order valence-electron chi connectivity index (χ0n) is 15.8. The molecule has 0 aliphatic heterocycles. The van der Waals surface area contributed by atoms with Gasteiger partial charge in [0.1, 0.15) is 4.83 Å². The number of hydrogen-bond donors (Lipinski definition) is 1. The molecular formula is C22H21N3OS. The van der Waals surface area contributed by atoms with Crippen LogP contribution >= 0.6 is 11.3 Å². The monoisotopic (exact) mass is 375 g/mol. The molecule has 5 heteroatoms. The van der Waals surface area contributed by atoms with Crippen LogP contribution in [0.3, 0.4) is 0 Å². The Morgan fingerprint density at radius 2 is 1.70 bits per heavy atom. The van der Waals surface area contributed by atoms with Crippen molar-refractivity contribution >= 4 is 33.1 Å². The Morgan fingerprint density at radius 1 is 1.00 bits per heavy atom. The number of carbonyl (C=O) groups is 1. The van der Waals surface area contributed by atoms with Crippen LogP contribution in [0.4, 0.5) is 5.69 Å². The number of benzene rings is 2. The van der Waals surface area contributed by atoms with E-state index in [0.29, 0.717) is 4.88 Å². The van der Waals surface area contributed by atoms with Gasteiger partial charge in [-0.15, -0.1) is 11.3 Å². The molecule has 4 nitrogen and oxygen atoms in total. The smallest absolute Gasteiger partial charge is 0.265 e. The lowest BCUT2D eigenvalue weighted by Crippen LogP contribution is -2.10. The average Bonchev–Trinajstić information content (AvgIpc) is 3.16. The zero-order valence-corrected chi connectivity index (χ0v) is 16.6. The van der Waals surface area contributed by atoms with E-state index in [1.807, 2.05) is 55.8 Å². The first-order valence-electron chi connectivity index (χ1n) is 8.87. The highest BCUT2D eigenvalue weighted by Gasteiger charge is 2.18. The van der Waals surface area contributed by atoms with Gasteiger partial charge >= 0.3 is 0 Å². The summed E-state index contributed by atoms with van der Waals surface area (Å²) >= 11 is 1.47. The Bertz CT molecular complexity index is 1150. The van der Waals surface area contributed by atoms with Crippen molar-refractivity contribution in [3.05, 3.63) is 75.8 Å². The third kappa shape index (κ3) is 3.26. The van der Waals surface area contributed by atoms with Crippen LogP contribution in [0.25, 0.3) is 15.9 Å². The van der Waals surface area contributed by atoms with Crippen molar-refractivity contribution in [3.63, 3.8) is 0 Å². The predicted octanol–water partition coefficient (Wildman–Crippen LogP) is 5.57. The normalized spacial score (nSPS) is 11.1. The summed E-state index contributed by atoms with van der Waals surface area (Å²) in [7, 11) is 0. The molecule has 0 unspecified atom stereocenters. The number of rotatable bonds is 3. The lowest BCUT2D eigenvalue weighted by Gasteiger charge is -2.07. The number of carbonyl (C=O) groups excluding carboxylic acids is 1. The lowest BCUT2D eigenvalue weighted by atomic mass is 10.1. The van der Waals surface area contributed by atoms with Crippen LogP contribution in [-0.2, 0) is 0 Å². The van der Waals surface area contributed by atoms with E-state index in [-0.39, 0.29) is 5.91 Å². The molecule has 0 fully saturated rings. The number of aryl methyl sites for hydroxylation is 4. The molecule has 0 radical (unpaired) electrons. The summed E-state index contributed by atoms with van der Waals surface area (Å²) in [6.07, 6.45) is 0. The molecule has 0 spiro atoms. The van der Waals surface area contributed by atoms with Gasteiger partial charge in [0.25, 0.3) is 5.91 Å². The summed E-state index contributed by atoms with van der Waals surface area (Å²) in [5.41, 5.74) is 6.21. The lowest BCUT2D eigenvalue weighted by molar-refractivity contribution is 0.103. The first-order chi connectivity index (χ1) is 12.9. The molecule has 4 rings (SSSR count). The Morgan fingerprint density at radius 3 is 2.41 bits per heavy atom. The third-order valence-corrected chi connectivity index (χ3v) is 5.70. The van der Waals surface area contributed by atoms with E-state index in [2.05, 4.69) is 35.5 Å². The third-order valence-electron chi connectivity index (χ3n) is 4.59. The fourth-order valence-electron chi connectivity index (χ4n) is 3.36. The van der Waals surface area contributed by atoms with Gasteiger partial charge in [-0.05, 0) is 68.7 Å². The van der Waals surface area contributed by atoms with Crippen LogP contribution in [0.5, 0.6) is 0 Å². The number of nitrogens with one attached hydrogen (secondary N) is 1. The molecule has 2 aromatic carbocycles. The van der Waals surface area contributed by atoms with Gasteiger partial charge in [-0.25, -0.2) is 4.68 Å². The quantitative estimate of drug-likeness (QED) is 0.509. The number of thiophene rings is 1. The predicted molar refractivity (Wildman–Crippen MR) is 112 cm³/mol.